The van der Waals surface area contributed by atoms with E-state index < -0.39 is 5.91 Å². The van der Waals surface area contributed by atoms with Crippen molar-refractivity contribution in [3.05, 3.63) is 69.3 Å². The van der Waals surface area contributed by atoms with Crippen molar-refractivity contribution in [1.82, 2.24) is 0 Å². The summed E-state index contributed by atoms with van der Waals surface area (Å²) in [6.45, 7) is 3.95. The highest BCUT2D eigenvalue weighted by Crippen LogP contribution is 2.25. The van der Waals surface area contributed by atoms with E-state index in [0.717, 1.165) is 16.8 Å². The average Bonchev–Trinajstić information content (AvgIpc) is 2.54. The van der Waals surface area contributed by atoms with Gasteiger partial charge in [0, 0.05) is 16.9 Å². The summed E-state index contributed by atoms with van der Waals surface area (Å²) in [6, 6.07) is 12.3. The van der Waals surface area contributed by atoms with Gasteiger partial charge in [-0.3, -0.25) is 4.79 Å². The van der Waals surface area contributed by atoms with Gasteiger partial charge in [0.15, 0.2) is 0 Å². The fourth-order valence-corrected chi connectivity index (χ4v) is 2.44. The van der Waals surface area contributed by atoms with Crippen LogP contribution in [0.2, 0.25) is 10.0 Å². The number of rotatable bonds is 4. The Balaban J connectivity index is 2.17. The highest BCUT2D eigenvalue weighted by Gasteiger charge is 2.12. The number of carbonyl (C=O) groups is 1. The van der Waals surface area contributed by atoms with Crippen LogP contribution >= 0.6 is 23.2 Å². The molecule has 0 bridgehead atoms. The molecule has 0 aliphatic carbocycles. The molecule has 6 heteroatoms. The molecule has 2 aromatic carbocycles. The topological polar surface area (TPSA) is 64.9 Å². The molecule has 0 fully saturated rings. The molecule has 0 aromatic heterocycles. The highest BCUT2D eigenvalue weighted by molar-refractivity contribution is 6.36. The van der Waals surface area contributed by atoms with E-state index in [-0.39, 0.29) is 5.57 Å². The van der Waals surface area contributed by atoms with Gasteiger partial charge in [0.1, 0.15) is 11.6 Å². The molecule has 0 aliphatic rings. The van der Waals surface area contributed by atoms with Gasteiger partial charge >= 0.3 is 0 Å². The van der Waals surface area contributed by atoms with E-state index in [1.165, 1.54) is 12.3 Å². The lowest BCUT2D eigenvalue weighted by molar-refractivity contribution is -0.112. The van der Waals surface area contributed by atoms with E-state index >= 15 is 0 Å². The number of nitriles is 1. The molecule has 2 aromatic rings. The van der Waals surface area contributed by atoms with Crippen molar-refractivity contribution in [3.63, 3.8) is 0 Å². The fourth-order valence-electron chi connectivity index (χ4n) is 1.99. The van der Waals surface area contributed by atoms with Crippen LogP contribution in [0.4, 0.5) is 11.4 Å². The molecule has 0 radical (unpaired) electrons. The molecule has 122 valence electrons. The van der Waals surface area contributed by atoms with Crippen molar-refractivity contribution in [2.45, 2.75) is 13.8 Å². The zero-order chi connectivity index (χ0) is 17.7. The number of carbonyl (C=O) groups excluding carboxylic acids is 1. The number of nitrogens with zero attached hydrogens (tertiary/aromatic N) is 1. The molecule has 2 N–H and O–H groups in total. The lowest BCUT2D eigenvalue weighted by Crippen LogP contribution is -2.15. The first-order valence-electron chi connectivity index (χ1n) is 7.12. The zero-order valence-corrected chi connectivity index (χ0v) is 14.7. The van der Waals surface area contributed by atoms with Crippen LogP contribution in [0.5, 0.6) is 0 Å². The number of aryl methyl sites for hydroxylation is 1. The molecule has 0 heterocycles. The third kappa shape index (κ3) is 4.29. The minimum Gasteiger partial charge on any atom is -0.360 e. The predicted molar refractivity (Wildman–Crippen MR) is 98.3 cm³/mol. The number of amides is 1. The third-order valence-corrected chi connectivity index (χ3v) is 4.07. The fraction of sp³-hybridized carbons (Fsp3) is 0.111. The van der Waals surface area contributed by atoms with Gasteiger partial charge < -0.3 is 10.6 Å². The van der Waals surface area contributed by atoms with Crippen molar-refractivity contribution >= 4 is 40.5 Å². The monoisotopic (exact) mass is 359 g/mol. The summed E-state index contributed by atoms with van der Waals surface area (Å²) in [5.74, 6) is -0.556. The number of hydrogen-bond acceptors (Lipinski definition) is 3. The molecule has 0 spiro atoms. The van der Waals surface area contributed by atoms with Crippen LogP contribution in [0, 0.1) is 25.2 Å². The summed E-state index contributed by atoms with van der Waals surface area (Å²) < 4.78 is 0. The normalized spacial score (nSPS) is 10.9. The number of benzene rings is 2. The van der Waals surface area contributed by atoms with Gasteiger partial charge in [0.05, 0.1) is 10.7 Å². The van der Waals surface area contributed by atoms with Gasteiger partial charge in [-0.15, -0.1) is 0 Å². The average molecular weight is 360 g/mol. The molecule has 2 rings (SSSR count). The number of nitrogens with one attached hydrogen (secondary N) is 2. The largest absolute Gasteiger partial charge is 0.360 e. The number of anilines is 2. The standard InChI is InChI=1S/C18H15Cl2N3O/c1-11-4-3-5-16(12(11)2)22-10-13(9-21)18(24)23-17-7-6-14(19)8-15(17)20/h3-8,10,22H,1-2H3,(H,23,24)/b13-10-. The Bertz CT molecular complexity index is 854. The van der Waals surface area contributed by atoms with Gasteiger partial charge in [-0.2, -0.15) is 5.26 Å². The molecular formula is C18H15Cl2N3O. The molecule has 0 aliphatic heterocycles. The first-order valence-corrected chi connectivity index (χ1v) is 7.87. The predicted octanol–water partition coefficient (Wildman–Crippen LogP) is 5.07. The molecule has 0 unspecified atom stereocenters. The quantitative estimate of drug-likeness (QED) is 0.591. The summed E-state index contributed by atoms with van der Waals surface area (Å²) in [4.78, 5) is 12.2. The van der Waals surface area contributed by atoms with Crippen molar-refractivity contribution < 1.29 is 4.79 Å². The maximum Gasteiger partial charge on any atom is 0.267 e. The van der Waals surface area contributed by atoms with Gasteiger partial charge in [-0.05, 0) is 49.2 Å². The summed E-state index contributed by atoms with van der Waals surface area (Å²) >= 11 is 11.8. The summed E-state index contributed by atoms with van der Waals surface area (Å²) in [6.07, 6.45) is 1.38. The van der Waals surface area contributed by atoms with Crippen LogP contribution in [0.1, 0.15) is 11.1 Å². The second kappa shape index (κ2) is 7.87. The van der Waals surface area contributed by atoms with Crippen LogP contribution in [-0.2, 0) is 4.79 Å². The number of hydrogen-bond donors (Lipinski definition) is 2. The van der Waals surface area contributed by atoms with E-state index in [4.69, 9.17) is 23.2 Å². The Morgan fingerprint density at radius 2 is 1.92 bits per heavy atom. The lowest BCUT2D eigenvalue weighted by Gasteiger charge is -2.09. The minimum absolute atomic E-state index is 0.0677. The molecule has 4 nitrogen and oxygen atoms in total. The van der Waals surface area contributed by atoms with Gasteiger partial charge in [0.2, 0.25) is 0 Å². The van der Waals surface area contributed by atoms with Crippen LogP contribution in [0.25, 0.3) is 0 Å². The summed E-state index contributed by atoms with van der Waals surface area (Å²) in [5, 5.41) is 15.6. The van der Waals surface area contributed by atoms with Crippen LogP contribution < -0.4 is 10.6 Å². The minimum atomic E-state index is -0.556. The van der Waals surface area contributed by atoms with E-state index in [0.29, 0.717) is 15.7 Å². The van der Waals surface area contributed by atoms with E-state index in [1.807, 2.05) is 38.1 Å². The van der Waals surface area contributed by atoms with Crippen molar-refractivity contribution in [2.24, 2.45) is 0 Å². The van der Waals surface area contributed by atoms with Crippen molar-refractivity contribution in [1.29, 1.82) is 5.26 Å². The molecular weight excluding hydrogens is 345 g/mol. The molecule has 0 atom stereocenters. The Hall–Kier alpha value is -2.48. The first-order chi connectivity index (χ1) is 11.4. The van der Waals surface area contributed by atoms with Gasteiger partial charge in [-0.25, -0.2) is 0 Å². The van der Waals surface area contributed by atoms with Gasteiger partial charge in [0.25, 0.3) is 5.91 Å². The second-order valence-electron chi connectivity index (χ2n) is 5.14. The van der Waals surface area contributed by atoms with Crippen molar-refractivity contribution in [3.8, 4) is 6.07 Å². The Kier molecular flexibility index (Phi) is 5.86. The number of halogens is 2. The van der Waals surface area contributed by atoms with Crippen LogP contribution in [-0.4, -0.2) is 5.91 Å². The van der Waals surface area contributed by atoms with E-state index in [2.05, 4.69) is 10.6 Å². The second-order valence-corrected chi connectivity index (χ2v) is 5.98. The Morgan fingerprint density at radius 3 is 2.58 bits per heavy atom. The van der Waals surface area contributed by atoms with Crippen molar-refractivity contribution in [2.75, 3.05) is 10.6 Å². The highest BCUT2D eigenvalue weighted by atomic mass is 35.5. The van der Waals surface area contributed by atoms with Gasteiger partial charge in [-0.1, -0.05) is 35.3 Å². The smallest absolute Gasteiger partial charge is 0.267 e. The third-order valence-electron chi connectivity index (χ3n) is 3.52. The van der Waals surface area contributed by atoms with E-state index in [9.17, 15) is 10.1 Å². The van der Waals surface area contributed by atoms with Crippen LogP contribution in [0.3, 0.4) is 0 Å². The molecule has 0 saturated carbocycles. The van der Waals surface area contributed by atoms with E-state index in [1.54, 1.807) is 12.1 Å². The maximum absolute atomic E-state index is 12.2. The maximum atomic E-state index is 12.2. The summed E-state index contributed by atoms with van der Waals surface area (Å²) in [7, 11) is 0. The molecule has 24 heavy (non-hydrogen) atoms. The molecule has 1 amide bonds. The zero-order valence-electron chi connectivity index (χ0n) is 13.2. The van der Waals surface area contributed by atoms with Crippen LogP contribution in [0.15, 0.2) is 48.2 Å². The molecule has 0 saturated heterocycles. The Morgan fingerprint density at radius 1 is 1.17 bits per heavy atom. The SMILES string of the molecule is Cc1cccc(N/C=C(/C#N)C(=O)Nc2ccc(Cl)cc2Cl)c1C. The Labute approximate surface area is 150 Å². The first kappa shape index (κ1) is 17.9. The lowest BCUT2D eigenvalue weighted by atomic mass is 10.1. The summed E-state index contributed by atoms with van der Waals surface area (Å²) in [5.41, 5.74) is 3.32.